The molecule has 1 rings (SSSR count). The highest BCUT2D eigenvalue weighted by Gasteiger charge is 1.90. The topological polar surface area (TPSA) is 21.6 Å². The Balaban J connectivity index is 2.28. The number of nitrogens with zero attached hydrogens (tertiary/aromatic N) is 1. The second-order valence-electron chi connectivity index (χ2n) is 3.34. The maximum atomic E-state index is 5.13. The first kappa shape index (κ1) is 10.8. The predicted octanol–water partition coefficient (Wildman–Crippen LogP) is 3.30. The van der Waals surface area contributed by atoms with Gasteiger partial charge < -0.3 is 4.84 Å². The smallest absolute Gasteiger partial charge is 0.142 e. The molecule has 76 valence electrons. The van der Waals surface area contributed by atoms with Crippen molar-refractivity contribution in [1.82, 2.24) is 0 Å². The van der Waals surface area contributed by atoms with Gasteiger partial charge in [0.15, 0.2) is 0 Å². The van der Waals surface area contributed by atoms with Crippen LogP contribution in [0.1, 0.15) is 30.9 Å². The number of benzene rings is 1. The second-order valence-corrected chi connectivity index (χ2v) is 3.34. The van der Waals surface area contributed by atoms with E-state index in [1.54, 1.807) is 0 Å². The zero-order chi connectivity index (χ0) is 10.2. The number of hydrogen-bond acceptors (Lipinski definition) is 2. The zero-order valence-electron chi connectivity index (χ0n) is 8.86. The molecule has 2 heteroatoms. The third-order valence-corrected chi connectivity index (χ3v) is 1.92. The Labute approximate surface area is 85.6 Å². The van der Waals surface area contributed by atoms with Crippen LogP contribution in [0.25, 0.3) is 0 Å². The Bertz CT molecular complexity index is 277. The minimum absolute atomic E-state index is 0.556. The summed E-state index contributed by atoms with van der Waals surface area (Å²) in [5.41, 5.74) is 2.42. The summed E-state index contributed by atoms with van der Waals surface area (Å²) in [4.78, 5) is 5.13. The van der Waals surface area contributed by atoms with Gasteiger partial charge in [-0.3, -0.25) is 0 Å². The summed E-state index contributed by atoms with van der Waals surface area (Å²) in [6.07, 6.45) is 3.90. The number of oxime groups is 1. The number of aryl methyl sites for hydroxylation is 1. The van der Waals surface area contributed by atoms with Gasteiger partial charge in [0, 0.05) is 6.21 Å². The van der Waals surface area contributed by atoms with Gasteiger partial charge >= 0.3 is 0 Å². The van der Waals surface area contributed by atoms with E-state index in [0.717, 1.165) is 18.4 Å². The van der Waals surface area contributed by atoms with Gasteiger partial charge in [0.05, 0.1) is 0 Å². The van der Waals surface area contributed by atoms with E-state index < -0.39 is 0 Å². The predicted molar refractivity (Wildman–Crippen MR) is 59.4 cm³/mol. The molecule has 0 atom stereocenters. The molecular weight excluding hydrogens is 174 g/mol. The fourth-order valence-corrected chi connectivity index (χ4v) is 1.03. The highest BCUT2D eigenvalue weighted by Crippen LogP contribution is 2.04. The summed E-state index contributed by atoms with van der Waals surface area (Å²) >= 11 is 0. The van der Waals surface area contributed by atoms with Gasteiger partial charge in [-0.05, 0) is 18.9 Å². The van der Waals surface area contributed by atoms with Gasteiger partial charge in [0.2, 0.25) is 0 Å². The average molecular weight is 191 g/mol. The van der Waals surface area contributed by atoms with Crippen molar-refractivity contribution in [2.45, 2.75) is 33.3 Å². The van der Waals surface area contributed by atoms with E-state index >= 15 is 0 Å². The van der Waals surface area contributed by atoms with Gasteiger partial charge in [-0.25, -0.2) is 0 Å². The van der Waals surface area contributed by atoms with Crippen molar-refractivity contribution >= 4 is 6.21 Å². The number of unbranched alkanes of at least 4 members (excludes halogenated alkanes) is 1. The summed E-state index contributed by atoms with van der Waals surface area (Å²) in [5, 5.41) is 3.85. The molecule has 2 nitrogen and oxygen atoms in total. The van der Waals surface area contributed by atoms with Gasteiger partial charge in [0.1, 0.15) is 6.61 Å². The van der Waals surface area contributed by atoms with Gasteiger partial charge in [-0.15, -0.1) is 0 Å². The molecule has 0 radical (unpaired) electrons. The summed E-state index contributed by atoms with van der Waals surface area (Å²) < 4.78 is 0. The molecule has 0 spiro atoms. The maximum Gasteiger partial charge on any atom is 0.142 e. The van der Waals surface area contributed by atoms with Crippen LogP contribution in [0.4, 0.5) is 0 Å². The van der Waals surface area contributed by atoms with E-state index in [1.165, 1.54) is 5.56 Å². The van der Waals surface area contributed by atoms with Crippen LogP contribution >= 0.6 is 0 Å². The Morgan fingerprint density at radius 3 is 2.64 bits per heavy atom. The molecule has 1 aromatic carbocycles. The summed E-state index contributed by atoms with van der Waals surface area (Å²) in [6, 6.07) is 8.28. The first-order valence-electron chi connectivity index (χ1n) is 5.02. The fourth-order valence-electron chi connectivity index (χ4n) is 1.03. The molecule has 0 unspecified atom stereocenters. The Hall–Kier alpha value is -1.31. The molecule has 0 aliphatic carbocycles. The highest BCUT2D eigenvalue weighted by atomic mass is 16.6. The van der Waals surface area contributed by atoms with Crippen molar-refractivity contribution < 1.29 is 4.84 Å². The summed E-state index contributed by atoms with van der Waals surface area (Å²) in [6.45, 7) is 4.75. The van der Waals surface area contributed by atoms with Crippen molar-refractivity contribution in [1.29, 1.82) is 0 Å². The van der Waals surface area contributed by atoms with Crippen LogP contribution in [0, 0.1) is 6.92 Å². The highest BCUT2D eigenvalue weighted by molar-refractivity contribution is 5.55. The van der Waals surface area contributed by atoms with Gasteiger partial charge in [0.25, 0.3) is 0 Å². The van der Waals surface area contributed by atoms with Gasteiger partial charge in [-0.2, -0.15) is 0 Å². The number of hydrogen-bond donors (Lipinski definition) is 0. The van der Waals surface area contributed by atoms with E-state index in [2.05, 4.69) is 43.3 Å². The van der Waals surface area contributed by atoms with Crippen LogP contribution in [0.2, 0.25) is 0 Å². The quantitative estimate of drug-likeness (QED) is 0.517. The molecule has 0 bridgehead atoms. The van der Waals surface area contributed by atoms with E-state index in [-0.39, 0.29) is 0 Å². The van der Waals surface area contributed by atoms with E-state index in [4.69, 9.17) is 4.84 Å². The molecule has 0 fully saturated rings. The lowest BCUT2D eigenvalue weighted by atomic mass is 10.2. The Morgan fingerprint density at radius 2 is 2.00 bits per heavy atom. The standard InChI is InChI=1S/C12H17NO/c1-3-4-9-13-14-10-12-7-5-11(2)6-8-12/h5-9H,3-4,10H2,1-2H3. The monoisotopic (exact) mass is 191 g/mol. The Morgan fingerprint density at radius 1 is 1.29 bits per heavy atom. The molecular formula is C12H17NO. The lowest BCUT2D eigenvalue weighted by Crippen LogP contribution is -1.87. The first-order valence-corrected chi connectivity index (χ1v) is 5.02. The summed E-state index contributed by atoms with van der Waals surface area (Å²) in [5.74, 6) is 0. The first-order chi connectivity index (χ1) is 6.83. The van der Waals surface area contributed by atoms with Gasteiger partial charge in [-0.1, -0.05) is 48.3 Å². The molecule has 0 aliphatic rings. The van der Waals surface area contributed by atoms with Crippen molar-refractivity contribution in [2.75, 3.05) is 0 Å². The summed E-state index contributed by atoms with van der Waals surface area (Å²) in [7, 11) is 0. The lowest BCUT2D eigenvalue weighted by Gasteiger charge is -1.99. The minimum atomic E-state index is 0.556. The van der Waals surface area contributed by atoms with Crippen molar-refractivity contribution in [3.05, 3.63) is 35.4 Å². The normalized spacial score (nSPS) is 10.7. The molecule has 0 saturated heterocycles. The van der Waals surface area contributed by atoms with Crippen LogP contribution in [0.5, 0.6) is 0 Å². The van der Waals surface area contributed by atoms with Crippen LogP contribution in [0.15, 0.2) is 29.4 Å². The van der Waals surface area contributed by atoms with E-state index in [0.29, 0.717) is 6.61 Å². The van der Waals surface area contributed by atoms with Crippen LogP contribution in [0.3, 0.4) is 0 Å². The third-order valence-electron chi connectivity index (χ3n) is 1.92. The van der Waals surface area contributed by atoms with Crippen molar-refractivity contribution in [3.8, 4) is 0 Å². The van der Waals surface area contributed by atoms with E-state index in [9.17, 15) is 0 Å². The third kappa shape index (κ3) is 4.08. The minimum Gasteiger partial charge on any atom is -0.391 e. The molecule has 0 aromatic heterocycles. The maximum absolute atomic E-state index is 5.13. The molecule has 14 heavy (non-hydrogen) atoms. The molecule has 0 N–H and O–H groups in total. The van der Waals surface area contributed by atoms with Crippen LogP contribution in [-0.2, 0) is 11.4 Å². The van der Waals surface area contributed by atoms with Crippen molar-refractivity contribution in [3.63, 3.8) is 0 Å². The van der Waals surface area contributed by atoms with E-state index in [1.807, 2.05) is 6.21 Å². The zero-order valence-corrected chi connectivity index (χ0v) is 8.86. The van der Waals surface area contributed by atoms with Crippen molar-refractivity contribution in [2.24, 2.45) is 5.16 Å². The largest absolute Gasteiger partial charge is 0.391 e. The SMILES string of the molecule is CCCC=NOCc1ccc(C)cc1. The molecule has 0 amide bonds. The number of rotatable bonds is 5. The molecule has 0 saturated carbocycles. The Kier molecular flexibility index (Phi) is 4.76. The molecule has 0 aliphatic heterocycles. The molecule has 1 aromatic rings. The average Bonchev–Trinajstić information content (AvgIpc) is 2.21. The molecule has 0 heterocycles. The fraction of sp³-hybridized carbons (Fsp3) is 0.417. The second kappa shape index (κ2) is 6.19. The lowest BCUT2D eigenvalue weighted by molar-refractivity contribution is 0.131. The van der Waals surface area contributed by atoms with Crippen LogP contribution in [-0.4, -0.2) is 6.21 Å². The van der Waals surface area contributed by atoms with Crippen LogP contribution < -0.4 is 0 Å².